The van der Waals surface area contributed by atoms with Gasteiger partial charge >= 0.3 is 0 Å². The summed E-state index contributed by atoms with van der Waals surface area (Å²) in [6.07, 6.45) is 2.88. The molecule has 0 bridgehead atoms. The summed E-state index contributed by atoms with van der Waals surface area (Å²) < 4.78 is 6.25. The summed E-state index contributed by atoms with van der Waals surface area (Å²) in [6.45, 7) is 0.305. The van der Waals surface area contributed by atoms with Gasteiger partial charge in [0.25, 0.3) is 0 Å². The average Bonchev–Trinajstić information content (AvgIpc) is 3.03. The third kappa shape index (κ3) is 1.92. The van der Waals surface area contributed by atoms with Crippen LogP contribution in [0.1, 0.15) is 25.7 Å². The number of hydrogen-bond donors (Lipinski definition) is 0. The van der Waals surface area contributed by atoms with Crippen molar-refractivity contribution in [3.05, 3.63) is 39.9 Å². The van der Waals surface area contributed by atoms with E-state index in [9.17, 15) is 9.59 Å². The van der Waals surface area contributed by atoms with E-state index in [-0.39, 0.29) is 17.3 Å². The number of hydrogen-bond acceptors (Lipinski definition) is 6. The molecule has 19 heavy (non-hydrogen) atoms. The summed E-state index contributed by atoms with van der Waals surface area (Å²) in [6, 6.07) is 1.65. The van der Waals surface area contributed by atoms with Crippen LogP contribution in [0.25, 0.3) is 5.70 Å². The van der Waals surface area contributed by atoms with E-state index in [0.717, 1.165) is 0 Å². The lowest BCUT2D eigenvalue weighted by molar-refractivity contribution is 0.1000. The summed E-state index contributed by atoms with van der Waals surface area (Å²) in [4.78, 5) is 24.6. The first-order chi connectivity index (χ1) is 9.20. The van der Waals surface area contributed by atoms with Gasteiger partial charge < -0.3 is 4.74 Å². The molecule has 0 spiro atoms. The number of nitrogens with zero attached hydrogens (tertiary/aromatic N) is 3. The monoisotopic (exact) mass is 275 g/mol. The molecule has 2 aromatic rings. The summed E-state index contributed by atoms with van der Waals surface area (Å²) in [5.41, 5.74) is 1.24. The van der Waals surface area contributed by atoms with Crippen LogP contribution in [0, 0.1) is 0 Å². The first-order valence-electron chi connectivity index (χ1n) is 5.49. The van der Waals surface area contributed by atoms with Crippen LogP contribution in [0.15, 0.2) is 23.7 Å². The number of thiophene rings is 1. The summed E-state index contributed by atoms with van der Waals surface area (Å²) >= 11 is 1.27. The van der Waals surface area contributed by atoms with E-state index in [4.69, 9.17) is 4.74 Å². The van der Waals surface area contributed by atoms with Crippen LogP contribution < -0.4 is 0 Å². The molecule has 0 N–H and O–H groups in total. The van der Waals surface area contributed by atoms with E-state index in [1.807, 2.05) is 0 Å². The Morgan fingerprint density at radius 1 is 1.42 bits per heavy atom. The lowest BCUT2D eigenvalue weighted by Gasteiger charge is -2.10. The SMILES string of the molecule is COCc1cn(C2=CC(=O)c3sccc3C2=O)nn1. The van der Waals surface area contributed by atoms with Gasteiger partial charge in [0.15, 0.2) is 5.78 Å². The van der Waals surface area contributed by atoms with Crippen molar-refractivity contribution in [1.29, 1.82) is 0 Å². The van der Waals surface area contributed by atoms with Crippen LogP contribution in [0.2, 0.25) is 0 Å². The molecule has 1 aliphatic rings. The van der Waals surface area contributed by atoms with E-state index in [1.165, 1.54) is 22.1 Å². The second-order valence-electron chi connectivity index (χ2n) is 3.97. The number of allylic oxidation sites excluding steroid dienone is 2. The van der Waals surface area contributed by atoms with Gasteiger partial charge in [-0.25, -0.2) is 4.68 Å². The van der Waals surface area contributed by atoms with Crippen molar-refractivity contribution in [2.75, 3.05) is 7.11 Å². The van der Waals surface area contributed by atoms with Gasteiger partial charge in [-0.05, 0) is 11.4 Å². The summed E-state index contributed by atoms with van der Waals surface area (Å²) in [5, 5.41) is 9.45. The van der Waals surface area contributed by atoms with Crippen molar-refractivity contribution in [2.45, 2.75) is 6.61 Å². The molecule has 0 atom stereocenters. The van der Waals surface area contributed by atoms with Crippen molar-refractivity contribution in [3.8, 4) is 0 Å². The zero-order valence-electron chi connectivity index (χ0n) is 9.99. The highest BCUT2D eigenvalue weighted by Gasteiger charge is 2.28. The zero-order valence-corrected chi connectivity index (χ0v) is 10.8. The second-order valence-corrected chi connectivity index (χ2v) is 4.89. The predicted octanol–water partition coefficient (Wildman–Crippen LogP) is 1.41. The fourth-order valence-corrected chi connectivity index (χ4v) is 2.68. The summed E-state index contributed by atoms with van der Waals surface area (Å²) in [5.74, 6) is -0.395. The molecule has 0 unspecified atom stereocenters. The van der Waals surface area contributed by atoms with Gasteiger partial charge in [-0.2, -0.15) is 0 Å². The lowest BCUT2D eigenvalue weighted by atomic mass is 10.0. The van der Waals surface area contributed by atoms with Crippen molar-refractivity contribution in [3.63, 3.8) is 0 Å². The number of ketones is 2. The van der Waals surface area contributed by atoms with E-state index in [2.05, 4.69) is 10.3 Å². The van der Waals surface area contributed by atoms with Crippen LogP contribution in [0.4, 0.5) is 0 Å². The molecule has 0 saturated carbocycles. The van der Waals surface area contributed by atoms with E-state index in [1.54, 1.807) is 24.8 Å². The third-order valence-electron chi connectivity index (χ3n) is 2.71. The van der Waals surface area contributed by atoms with Crippen LogP contribution in [-0.4, -0.2) is 33.7 Å². The Morgan fingerprint density at radius 3 is 3.05 bits per heavy atom. The lowest BCUT2D eigenvalue weighted by Crippen LogP contribution is -2.18. The number of carbonyl (C=O) groups is 2. The maximum absolute atomic E-state index is 12.3. The molecule has 0 saturated heterocycles. The van der Waals surface area contributed by atoms with Crippen molar-refractivity contribution < 1.29 is 14.3 Å². The van der Waals surface area contributed by atoms with E-state index < -0.39 is 0 Å². The van der Waals surface area contributed by atoms with Crippen LogP contribution >= 0.6 is 11.3 Å². The number of carbonyl (C=O) groups excluding carboxylic acids is 2. The first-order valence-corrected chi connectivity index (χ1v) is 6.37. The van der Waals surface area contributed by atoms with Gasteiger partial charge in [0, 0.05) is 18.7 Å². The topological polar surface area (TPSA) is 74.1 Å². The maximum atomic E-state index is 12.3. The molecule has 3 rings (SSSR count). The molecule has 2 heterocycles. The van der Waals surface area contributed by atoms with Crippen molar-refractivity contribution >= 4 is 28.6 Å². The van der Waals surface area contributed by atoms with Crippen molar-refractivity contribution in [2.24, 2.45) is 0 Å². The highest BCUT2D eigenvalue weighted by molar-refractivity contribution is 7.12. The Bertz CT molecular complexity index is 699. The fourth-order valence-electron chi connectivity index (χ4n) is 1.87. The average molecular weight is 275 g/mol. The van der Waals surface area contributed by atoms with Crippen LogP contribution in [0.5, 0.6) is 0 Å². The standard InChI is InChI=1S/C12H9N3O3S/c1-18-6-7-5-15(14-13-7)9-4-10(16)12-8(11(9)17)2-3-19-12/h2-5H,6H2,1H3. The normalized spacial score (nSPS) is 14.5. The molecule has 6 nitrogen and oxygen atoms in total. The van der Waals surface area contributed by atoms with Gasteiger partial charge in [0.2, 0.25) is 5.78 Å². The Kier molecular flexibility index (Phi) is 2.84. The largest absolute Gasteiger partial charge is 0.378 e. The number of methoxy groups -OCH3 is 1. The zero-order chi connectivity index (χ0) is 13.4. The molecule has 0 aromatic carbocycles. The number of ether oxygens (including phenoxy) is 1. The van der Waals surface area contributed by atoms with E-state index >= 15 is 0 Å². The van der Waals surface area contributed by atoms with Gasteiger partial charge in [0.1, 0.15) is 11.4 Å². The summed E-state index contributed by atoms with van der Waals surface area (Å²) in [7, 11) is 1.55. The molecule has 7 heteroatoms. The Morgan fingerprint density at radius 2 is 2.26 bits per heavy atom. The smallest absolute Gasteiger partial charge is 0.213 e. The molecule has 0 radical (unpaired) electrons. The molecule has 1 aliphatic carbocycles. The predicted molar refractivity (Wildman–Crippen MR) is 68.0 cm³/mol. The highest BCUT2D eigenvalue weighted by Crippen LogP contribution is 2.27. The van der Waals surface area contributed by atoms with Gasteiger partial charge in [0.05, 0.1) is 17.7 Å². The van der Waals surface area contributed by atoms with Crippen molar-refractivity contribution in [1.82, 2.24) is 15.0 Å². The van der Waals surface area contributed by atoms with Gasteiger partial charge in [-0.1, -0.05) is 5.21 Å². The number of fused-ring (bicyclic) bond motifs is 1. The molecule has 2 aromatic heterocycles. The number of Topliss-reactive ketones (excluding diaryl/α,β-unsaturated/α-hetero) is 1. The molecular weight excluding hydrogens is 266 g/mol. The first kappa shape index (κ1) is 11.9. The Balaban J connectivity index is 2.01. The minimum Gasteiger partial charge on any atom is -0.378 e. The molecule has 0 fully saturated rings. The molecule has 96 valence electrons. The van der Waals surface area contributed by atoms with Gasteiger partial charge in [-0.3, -0.25) is 9.59 Å². The molecule has 0 aliphatic heterocycles. The number of rotatable bonds is 3. The molecular formula is C12H9N3O3S. The fraction of sp³-hybridized carbons (Fsp3) is 0.167. The van der Waals surface area contributed by atoms with Gasteiger partial charge in [-0.15, -0.1) is 16.4 Å². The van der Waals surface area contributed by atoms with Crippen LogP contribution in [0.3, 0.4) is 0 Å². The van der Waals surface area contributed by atoms with E-state index in [0.29, 0.717) is 22.7 Å². The third-order valence-corrected chi connectivity index (χ3v) is 3.64. The second kappa shape index (κ2) is 4.52. The maximum Gasteiger partial charge on any atom is 0.213 e. The Labute approximate surface area is 112 Å². The minimum atomic E-state index is -0.218. The number of aromatic nitrogens is 3. The molecule has 0 amide bonds. The minimum absolute atomic E-state index is 0.177. The highest BCUT2D eigenvalue weighted by atomic mass is 32.1. The quantitative estimate of drug-likeness (QED) is 0.846. The van der Waals surface area contributed by atoms with Crippen LogP contribution in [-0.2, 0) is 11.3 Å². The Hall–Kier alpha value is -2.12.